The third-order valence-corrected chi connectivity index (χ3v) is 3.66. The Labute approximate surface area is 118 Å². The SMILES string of the molecule is C=CCN(CC(=O)Nc1ccccc1C#N)S(C)(=O)=O. The molecule has 1 aromatic carbocycles. The number of amides is 1. The van der Waals surface area contributed by atoms with Gasteiger partial charge in [-0.05, 0) is 12.1 Å². The summed E-state index contributed by atoms with van der Waals surface area (Å²) in [6, 6.07) is 8.44. The van der Waals surface area contributed by atoms with Crippen LogP contribution in [0.5, 0.6) is 0 Å². The van der Waals surface area contributed by atoms with Crippen LogP contribution in [-0.4, -0.2) is 38.0 Å². The summed E-state index contributed by atoms with van der Waals surface area (Å²) in [5.41, 5.74) is 0.669. The molecule has 20 heavy (non-hydrogen) atoms. The van der Waals surface area contributed by atoms with Crippen molar-refractivity contribution >= 4 is 21.6 Å². The number of hydrogen-bond acceptors (Lipinski definition) is 4. The summed E-state index contributed by atoms with van der Waals surface area (Å²) >= 11 is 0. The molecule has 0 radical (unpaired) electrons. The van der Waals surface area contributed by atoms with Crippen LogP contribution >= 0.6 is 0 Å². The quantitative estimate of drug-likeness (QED) is 0.790. The van der Waals surface area contributed by atoms with E-state index in [2.05, 4.69) is 11.9 Å². The summed E-state index contributed by atoms with van der Waals surface area (Å²) in [6.45, 7) is 3.17. The van der Waals surface area contributed by atoms with Crippen molar-refractivity contribution in [3.8, 4) is 6.07 Å². The molecule has 0 fully saturated rings. The van der Waals surface area contributed by atoms with Crippen LogP contribution in [0.15, 0.2) is 36.9 Å². The molecule has 0 spiro atoms. The zero-order valence-corrected chi connectivity index (χ0v) is 11.9. The van der Waals surface area contributed by atoms with E-state index in [0.717, 1.165) is 10.6 Å². The second kappa shape index (κ2) is 6.84. The van der Waals surface area contributed by atoms with E-state index in [1.807, 2.05) is 6.07 Å². The number of anilines is 1. The molecule has 106 valence electrons. The Bertz CT molecular complexity index is 647. The fraction of sp³-hybridized carbons (Fsp3) is 0.231. The molecule has 1 rings (SSSR count). The average molecular weight is 293 g/mol. The summed E-state index contributed by atoms with van der Waals surface area (Å²) in [4.78, 5) is 11.9. The maximum Gasteiger partial charge on any atom is 0.239 e. The van der Waals surface area contributed by atoms with Gasteiger partial charge in [0.1, 0.15) is 6.07 Å². The van der Waals surface area contributed by atoms with E-state index in [-0.39, 0.29) is 13.1 Å². The van der Waals surface area contributed by atoms with Crippen molar-refractivity contribution in [1.82, 2.24) is 4.31 Å². The first kappa shape index (κ1) is 15.9. The highest BCUT2D eigenvalue weighted by atomic mass is 32.2. The van der Waals surface area contributed by atoms with Crippen molar-refractivity contribution in [3.05, 3.63) is 42.5 Å². The molecule has 1 N–H and O–H groups in total. The fourth-order valence-corrected chi connectivity index (χ4v) is 2.23. The van der Waals surface area contributed by atoms with E-state index in [0.29, 0.717) is 11.3 Å². The Hall–Kier alpha value is -2.17. The molecule has 0 unspecified atom stereocenters. The summed E-state index contributed by atoms with van der Waals surface area (Å²) in [7, 11) is -3.49. The van der Waals surface area contributed by atoms with Crippen LogP contribution in [0.4, 0.5) is 5.69 Å². The number of para-hydroxylation sites is 1. The zero-order valence-electron chi connectivity index (χ0n) is 11.0. The Morgan fingerprint density at radius 3 is 2.70 bits per heavy atom. The molecule has 1 amide bonds. The largest absolute Gasteiger partial charge is 0.324 e. The third kappa shape index (κ3) is 4.50. The molecule has 1 aromatic rings. The van der Waals surface area contributed by atoms with Gasteiger partial charge in [-0.2, -0.15) is 9.57 Å². The van der Waals surface area contributed by atoms with Crippen LogP contribution in [0.1, 0.15) is 5.56 Å². The Morgan fingerprint density at radius 2 is 2.15 bits per heavy atom. The lowest BCUT2D eigenvalue weighted by molar-refractivity contribution is -0.116. The first-order chi connectivity index (χ1) is 9.38. The van der Waals surface area contributed by atoms with Crippen molar-refractivity contribution in [2.24, 2.45) is 0 Å². The van der Waals surface area contributed by atoms with Crippen molar-refractivity contribution in [2.45, 2.75) is 0 Å². The number of nitriles is 1. The van der Waals surface area contributed by atoms with E-state index in [9.17, 15) is 13.2 Å². The van der Waals surface area contributed by atoms with Crippen molar-refractivity contribution in [3.63, 3.8) is 0 Å². The third-order valence-electron chi connectivity index (χ3n) is 2.44. The predicted octanol–water partition coefficient (Wildman–Crippen LogP) is 0.944. The van der Waals surface area contributed by atoms with Crippen molar-refractivity contribution in [1.29, 1.82) is 5.26 Å². The number of hydrogen-bond donors (Lipinski definition) is 1. The molecule has 7 heteroatoms. The van der Waals surface area contributed by atoms with E-state index < -0.39 is 15.9 Å². The molecule has 0 bridgehead atoms. The lowest BCUT2D eigenvalue weighted by atomic mass is 10.2. The average Bonchev–Trinajstić information content (AvgIpc) is 2.37. The Morgan fingerprint density at radius 1 is 1.50 bits per heavy atom. The maximum atomic E-state index is 11.9. The standard InChI is InChI=1S/C13H15N3O3S/c1-3-8-16(20(2,18)19)10-13(17)15-12-7-5-4-6-11(12)9-14/h3-7H,1,8,10H2,2H3,(H,15,17). The molecule has 0 aliphatic carbocycles. The summed E-state index contributed by atoms with van der Waals surface area (Å²) in [5, 5.41) is 11.4. The number of benzene rings is 1. The number of carbonyl (C=O) groups excluding carboxylic acids is 1. The van der Waals surface area contributed by atoms with Gasteiger partial charge in [-0.1, -0.05) is 18.2 Å². The van der Waals surface area contributed by atoms with Crippen LogP contribution < -0.4 is 5.32 Å². The lowest BCUT2D eigenvalue weighted by Gasteiger charge is -2.17. The highest BCUT2D eigenvalue weighted by molar-refractivity contribution is 7.88. The van der Waals surface area contributed by atoms with Gasteiger partial charge < -0.3 is 5.32 Å². The first-order valence-corrected chi connectivity index (χ1v) is 7.58. The minimum Gasteiger partial charge on any atom is -0.324 e. The number of sulfonamides is 1. The second-order valence-corrected chi connectivity index (χ2v) is 6.03. The minimum atomic E-state index is -3.49. The molecule has 0 saturated carbocycles. The zero-order chi connectivity index (χ0) is 15.2. The summed E-state index contributed by atoms with van der Waals surface area (Å²) in [5.74, 6) is -0.514. The topological polar surface area (TPSA) is 90.3 Å². The van der Waals surface area contributed by atoms with Crippen LogP contribution in [0, 0.1) is 11.3 Å². The Balaban J connectivity index is 2.81. The van der Waals surface area contributed by atoms with Gasteiger partial charge in [0.2, 0.25) is 15.9 Å². The van der Waals surface area contributed by atoms with Crippen LogP contribution in [0.2, 0.25) is 0 Å². The van der Waals surface area contributed by atoms with Gasteiger partial charge >= 0.3 is 0 Å². The highest BCUT2D eigenvalue weighted by Crippen LogP contribution is 2.13. The van der Waals surface area contributed by atoms with Crippen LogP contribution in [0.25, 0.3) is 0 Å². The van der Waals surface area contributed by atoms with Gasteiger partial charge in [0.05, 0.1) is 24.1 Å². The fourth-order valence-electron chi connectivity index (χ4n) is 1.50. The number of carbonyl (C=O) groups is 1. The highest BCUT2D eigenvalue weighted by Gasteiger charge is 2.19. The molecule has 0 aliphatic rings. The number of rotatable bonds is 6. The molecule has 0 saturated heterocycles. The van der Waals surface area contributed by atoms with Gasteiger partial charge in [-0.25, -0.2) is 8.42 Å². The van der Waals surface area contributed by atoms with E-state index in [1.54, 1.807) is 24.3 Å². The lowest BCUT2D eigenvalue weighted by Crippen LogP contribution is -2.37. The van der Waals surface area contributed by atoms with Crippen molar-refractivity contribution in [2.75, 3.05) is 24.7 Å². The summed E-state index contributed by atoms with van der Waals surface area (Å²) < 4.78 is 23.9. The molecule has 0 heterocycles. The van der Waals surface area contributed by atoms with Gasteiger partial charge in [-0.15, -0.1) is 6.58 Å². The molecule has 0 atom stereocenters. The smallest absolute Gasteiger partial charge is 0.239 e. The van der Waals surface area contributed by atoms with E-state index in [4.69, 9.17) is 5.26 Å². The van der Waals surface area contributed by atoms with Gasteiger partial charge in [0.25, 0.3) is 0 Å². The monoisotopic (exact) mass is 293 g/mol. The van der Waals surface area contributed by atoms with Gasteiger partial charge in [0, 0.05) is 6.54 Å². The normalized spacial score (nSPS) is 10.8. The molecule has 0 aliphatic heterocycles. The number of nitrogens with one attached hydrogen (secondary N) is 1. The number of nitrogens with zero attached hydrogens (tertiary/aromatic N) is 2. The first-order valence-electron chi connectivity index (χ1n) is 5.73. The minimum absolute atomic E-state index is 0.0478. The molecule has 6 nitrogen and oxygen atoms in total. The van der Waals surface area contributed by atoms with Gasteiger partial charge in [-0.3, -0.25) is 4.79 Å². The molecular formula is C13H15N3O3S. The Kier molecular flexibility index (Phi) is 5.43. The molecular weight excluding hydrogens is 278 g/mol. The van der Waals surface area contributed by atoms with Crippen LogP contribution in [0.3, 0.4) is 0 Å². The van der Waals surface area contributed by atoms with Gasteiger partial charge in [0.15, 0.2) is 0 Å². The van der Waals surface area contributed by atoms with E-state index >= 15 is 0 Å². The second-order valence-electron chi connectivity index (χ2n) is 4.05. The molecule has 0 aromatic heterocycles. The van der Waals surface area contributed by atoms with Crippen molar-refractivity contribution < 1.29 is 13.2 Å². The predicted molar refractivity (Wildman–Crippen MR) is 76.4 cm³/mol. The maximum absolute atomic E-state index is 11.9. The van der Waals surface area contributed by atoms with Crippen LogP contribution in [-0.2, 0) is 14.8 Å². The van der Waals surface area contributed by atoms with E-state index in [1.165, 1.54) is 6.08 Å². The summed E-state index contributed by atoms with van der Waals surface area (Å²) in [6.07, 6.45) is 2.42.